The summed E-state index contributed by atoms with van der Waals surface area (Å²) >= 11 is 0. The number of hydrogen-bond acceptors (Lipinski definition) is 1. The van der Waals surface area contributed by atoms with Gasteiger partial charge in [-0.05, 0) is 50.6 Å². The second kappa shape index (κ2) is 5.55. The van der Waals surface area contributed by atoms with Crippen LogP contribution >= 0.6 is 0 Å². The van der Waals surface area contributed by atoms with Crippen molar-refractivity contribution in [3.63, 3.8) is 0 Å². The standard InChI is InChI=1S/C15H23N/c1-3-4-5-8-14-11-10-13(2)15-9-6-7-12-16(14)15/h1,4-5,13-15H,6-12H2,2H3/b5-4-/t13-,14?,15+/m1/s1. The first kappa shape index (κ1) is 11.7. The molecule has 0 N–H and O–H groups in total. The molecule has 0 aliphatic carbocycles. The SMILES string of the molecule is C#C/C=C\CC1CC[C@@H](C)[C@@H]2CCCCN12. The summed E-state index contributed by atoms with van der Waals surface area (Å²) in [6.07, 6.45) is 17.4. The van der Waals surface area contributed by atoms with Crippen molar-refractivity contribution in [2.45, 2.75) is 57.5 Å². The third-order valence-electron chi connectivity index (χ3n) is 4.30. The van der Waals surface area contributed by atoms with Crippen LogP contribution in [0.3, 0.4) is 0 Å². The van der Waals surface area contributed by atoms with Crippen molar-refractivity contribution in [2.24, 2.45) is 5.92 Å². The molecule has 0 aromatic heterocycles. The fourth-order valence-electron chi connectivity index (χ4n) is 3.40. The Hall–Kier alpha value is -0.740. The Kier molecular flexibility index (Phi) is 4.07. The molecule has 2 saturated heterocycles. The third-order valence-corrected chi connectivity index (χ3v) is 4.30. The van der Waals surface area contributed by atoms with Gasteiger partial charge < -0.3 is 0 Å². The maximum absolute atomic E-state index is 5.25. The average molecular weight is 217 g/mol. The number of nitrogens with zero attached hydrogens (tertiary/aromatic N) is 1. The lowest BCUT2D eigenvalue weighted by molar-refractivity contribution is 0.0192. The van der Waals surface area contributed by atoms with Gasteiger partial charge in [-0.2, -0.15) is 0 Å². The zero-order chi connectivity index (χ0) is 11.4. The van der Waals surface area contributed by atoms with E-state index in [0.717, 1.165) is 24.4 Å². The summed E-state index contributed by atoms with van der Waals surface area (Å²) in [7, 11) is 0. The number of rotatable bonds is 2. The largest absolute Gasteiger partial charge is 0.297 e. The van der Waals surface area contributed by atoms with Crippen LogP contribution in [0.15, 0.2) is 12.2 Å². The normalized spacial score (nSPS) is 35.9. The van der Waals surface area contributed by atoms with Crippen LogP contribution in [0.4, 0.5) is 0 Å². The fourth-order valence-corrected chi connectivity index (χ4v) is 3.40. The Bertz CT molecular complexity index is 286. The molecule has 16 heavy (non-hydrogen) atoms. The molecule has 2 aliphatic rings. The van der Waals surface area contributed by atoms with Gasteiger partial charge in [0.05, 0.1) is 0 Å². The van der Waals surface area contributed by atoms with E-state index in [0.29, 0.717) is 0 Å². The Morgan fingerprint density at radius 3 is 3.00 bits per heavy atom. The first-order valence-corrected chi connectivity index (χ1v) is 6.70. The van der Waals surface area contributed by atoms with E-state index in [4.69, 9.17) is 6.42 Å². The lowest BCUT2D eigenvalue weighted by atomic mass is 9.81. The van der Waals surface area contributed by atoms with E-state index in [-0.39, 0.29) is 0 Å². The minimum absolute atomic E-state index is 0.756. The first-order valence-electron chi connectivity index (χ1n) is 6.70. The lowest BCUT2D eigenvalue weighted by Crippen LogP contribution is -2.52. The second-order valence-electron chi connectivity index (χ2n) is 5.31. The van der Waals surface area contributed by atoms with E-state index < -0.39 is 0 Å². The number of hydrogen-bond donors (Lipinski definition) is 0. The molecule has 3 atom stereocenters. The molecule has 88 valence electrons. The topological polar surface area (TPSA) is 3.24 Å². The molecule has 0 aromatic carbocycles. The van der Waals surface area contributed by atoms with E-state index in [2.05, 4.69) is 23.8 Å². The Balaban J connectivity index is 1.98. The molecular formula is C15H23N. The zero-order valence-electron chi connectivity index (χ0n) is 10.4. The molecule has 0 aromatic rings. The molecule has 0 bridgehead atoms. The predicted molar refractivity (Wildman–Crippen MR) is 69.1 cm³/mol. The Labute approximate surface area is 99.9 Å². The van der Waals surface area contributed by atoms with Gasteiger partial charge in [-0.25, -0.2) is 0 Å². The summed E-state index contributed by atoms with van der Waals surface area (Å²) < 4.78 is 0. The summed E-state index contributed by atoms with van der Waals surface area (Å²) in [5.74, 6) is 3.49. The monoisotopic (exact) mass is 217 g/mol. The van der Waals surface area contributed by atoms with Crippen molar-refractivity contribution < 1.29 is 0 Å². The smallest absolute Gasteiger partial charge is 0.0133 e. The van der Waals surface area contributed by atoms with Crippen LogP contribution in [0.2, 0.25) is 0 Å². The van der Waals surface area contributed by atoms with Gasteiger partial charge in [0.15, 0.2) is 0 Å². The highest BCUT2D eigenvalue weighted by Gasteiger charge is 2.35. The van der Waals surface area contributed by atoms with Gasteiger partial charge in [-0.1, -0.05) is 25.3 Å². The van der Waals surface area contributed by atoms with Crippen LogP contribution in [0.25, 0.3) is 0 Å². The molecule has 2 fully saturated rings. The van der Waals surface area contributed by atoms with Gasteiger partial charge in [0.2, 0.25) is 0 Å². The van der Waals surface area contributed by atoms with Gasteiger partial charge in [0.1, 0.15) is 0 Å². The summed E-state index contributed by atoms with van der Waals surface area (Å²) in [6, 6.07) is 1.61. The van der Waals surface area contributed by atoms with E-state index in [1.165, 1.54) is 38.6 Å². The van der Waals surface area contributed by atoms with Gasteiger partial charge >= 0.3 is 0 Å². The van der Waals surface area contributed by atoms with Crippen LogP contribution in [0.5, 0.6) is 0 Å². The van der Waals surface area contributed by atoms with Crippen LogP contribution in [-0.4, -0.2) is 23.5 Å². The second-order valence-corrected chi connectivity index (χ2v) is 5.31. The minimum Gasteiger partial charge on any atom is -0.297 e. The maximum Gasteiger partial charge on any atom is 0.0133 e. The van der Waals surface area contributed by atoms with Crippen molar-refractivity contribution in [1.29, 1.82) is 0 Å². The fraction of sp³-hybridized carbons (Fsp3) is 0.733. The van der Waals surface area contributed by atoms with Gasteiger partial charge in [-0.3, -0.25) is 4.90 Å². The Morgan fingerprint density at radius 2 is 2.19 bits per heavy atom. The molecule has 0 radical (unpaired) electrons. The first-order chi connectivity index (χ1) is 7.83. The van der Waals surface area contributed by atoms with Crippen molar-refractivity contribution in [2.75, 3.05) is 6.54 Å². The minimum atomic E-state index is 0.756. The Morgan fingerprint density at radius 1 is 1.31 bits per heavy atom. The van der Waals surface area contributed by atoms with Crippen LogP contribution < -0.4 is 0 Å². The third kappa shape index (κ3) is 2.50. The molecule has 1 nitrogen and oxygen atoms in total. The predicted octanol–water partition coefficient (Wildman–Crippen LogP) is 3.22. The molecule has 2 aliphatic heterocycles. The molecule has 0 saturated carbocycles. The summed E-state index contributed by atoms with van der Waals surface area (Å²) in [6.45, 7) is 3.74. The molecule has 1 unspecified atom stereocenters. The maximum atomic E-state index is 5.25. The van der Waals surface area contributed by atoms with E-state index in [1.54, 1.807) is 0 Å². The van der Waals surface area contributed by atoms with E-state index >= 15 is 0 Å². The highest BCUT2D eigenvalue weighted by Crippen LogP contribution is 2.35. The lowest BCUT2D eigenvalue weighted by Gasteiger charge is -2.48. The summed E-state index contributed by atoms with van der Waals surface area (Å²) in [5.41, 5.74) is 0. The van der Waals surface area contributed by atoms with E-state index in [1.807, 2.05) is 6.08 Å². The van der Waals surface area contributed by atoms with Crippen LogP contribution in [0.1, 0.15) is 45.4 Å². The van der Waals surface area contributed by atoms with Gasteiger partial charge in [-0.15, -0.1) is 6.42 Å². The summed E-state index contributed by atoms with van der Waals surface area (Å²) in [4.78, 5) is 2.76. The van der Waals surface area contributed by atoms with Gasteiger partial charge in [0.25, 0.3) is 0 Å². The highest BCUT2D eigenvalue weighted by molar-refractivity contribution is 5.09. The van der Waals surface area contributed by atoms with Crippen molar-refractivity contribution in [3.8, 4) is 12.3 Å². The number of fused-ring (bicyclic) bond motifs is 1. The number of terminal acetylenes is 1. The van der Waals surface area contributed by atoms with Crippen LogP contribution in [0, 0.1) is 18.3 Å². The molecule has 0 spiro atoms. The van der Waals surface area contributed by atoms with Gasteiger partial charge in [0, 0.05) is 12.1 Å². The van der Waals surface area contributed by atoms with Crippen molar-refractivity contribution >= 4 is 0 Å². The zero-order valence-corrected chi connectivity index (χ0v) is 10.4. The van der Waals surface area contributed by atoms with Crippen LogP contribution in [-0.2, 0) is 0 Å². The van der Waals surface area contributed by atoms with Crippen molar-refractivity contribution in [1.82, 2.24) is 4.90 Å². The summed E-state index contributed by atoms with van der Waals surface area (Å²) in [5, 5.41) is 0. The quantitative estimate of drug-likeness (QED) is 0.642. The molecule has 0 amide bonds. The number of allylic oxidation sites excluding steroid dienone is 1. The molecule has 2 heterocycles. The number of piperidine rings is 2. The van der Waals surface area contributed by atoms with E-state index in [9.17, 15) is 0 Å². The average Bonchev–Trinajstić information content (AvgIpc) is 2.33. The van der Waals surface area contributed by atoms with Crippen molar-refractivity contribution in [3.05, 3.63) is 12.2 Å². The highest BCUT2D eigenvalue weighted by atomic mass is 15.2. The molecular weight excluding hydrogens is 194 g/mol. The molecule has 2 rings (SSSR count). The molecule has 1 heteroatoms.